The SMILES string of the molecule is C=CCCCc1ccc(C#Cc2ccc(OCCC)cc2)cc1. The first-order valence-electron chi connectivity index (χ1n) is 8.26. The smallest absolute Gasteiger partial charge is 0.119 e. The van der Waals surface area contributed by atoms with E-state index in [9.17, 15) is 0 Å². The van der Waals surface area contributed by atoms with Crippen molar-refractivity contribution < 1.29 is 4.74 Å². The standard InChI is InChI=1S/C22H24O/c1-3-5-6-7-19-8-10-20(11-9-19)12-13-21-14-16-22(17-15-21)23-18-4-2/h3,8-11,14-17H,1,4-7,18H2,2H3. The molecule has 0 aliphatic carbocycles. The first-order chi connectivity index (χ1) is 11.3. The molecule has 0 fully saturated rings. The van der Waals surface area contributed by atoms with Gasteiger partial charge in [-0.1, -0.05) is 37.0 Å². The maximum absolute atomic E-state index is 5.57. The van der Waals surface area contributed by atoms with Gasteiger partial charge in [-0.15, -0.1) is 6.58 Å². The second kappa shape index (κ2) is 9.54. The molecule has 0 amide bonds. The first kappa shape index (κ1) is 16.9. The molecule has 1 nitrogen and oxygen atoms in total. The zero-order valence-electron chi connectivity index (χ0n) is 13.8. The van der Waals surface area contributed by atoms with Gasteiger partial charge in [0.05, 0.1) is 6.61 Å². The summed E-state index contributed by atoms with van der Waals surface area (Å²) < 4.78 is 5.57. The van der Waals surface area contributed by atoms with Crippen LogP contribution in [0.5, 0.6) is 5.75 Å². The highest BCUT2D eigenvalue weighted by Gasteiger charge is 1.94. The molecule has 2 aromatic rings. The van der Waals surface area contributed by atoms with Gasteiger partial charge >= 0.3 is 0 Å². The second-order valence-corrected chi connectivity index (χ2v) is 5.50. The van der Waals surface area contributed by atoms with E-state index in [4.69, 9.17) is 4.74 Å². The fraction of sp³-hybridized carbons (Fsp3) is 0.273. The van der Waals surface area contributed by atoms with E-state index in [1.807, 2.05) is 30.3 Å². The van der Waals surface area contributed by atoms with Crippen molar-refractivity contribution in [1.82, 2.24) is 0 Å². The molecule has 118 valence electrons. The third-order valence-electron chi connectivity index (χ3n) is 3.51. The van der Waals surface area contributed by atoms with E-state index in [1.165, 1.54) is 5.56 Å². The predicted octanol–water partition coefficient (Wildman–Crippen LogP) is 5.38. The maximum atomic E-state index is 5.57. The van der Waals surface area contributed by atoms with Crippen LogP contribution in [-0.4, -0.2) is 6.61 Å². The van der Waals surface area contributed by atoms with E-state index in [1.54, 1.807) is 0 Å². The van der Waals surface area contributed by atoms with Gasteiger partial charge in [0, 0.05) is 11.1 Å². The molecule has 0 spiro atoms. The van der Waals surface area contributed by atoms with E-state index < -0.39 is 0 Å². The minimum Gasteiger partial charge on any atom is -0.494 e. The molecule has 0 unspecified atom stereocenters. The second-order valence-electron chi connectivity index (χ2n) is 5.50. The van der Waals surface area contributed by atoms with Crippen molar-refractivity contribution in [2.75, 3.05) is 6.61 Å². The zero-order chi connectivity index (χ0) is 16.3. The Labute approximate surface area is 140 Å². The number of allylic oxidation sites excluding steroid dienone is 1. The van der Waals surface area contributed by atoms with E-state index in [-0.39, 0.29) is 0 Å². The molecule has 0 saturated carbocycles. The van der Waals surface area contributed by atoms with Crippen molar-refractivity contribution in [3.63, 3.8) is 0 Å². The average molecular weight is 304 g/mol. The molecule has 0 atom stereocenters. The average Bonchev–Trinajstić information content (AvgIpc) is 2.60. The molecule has 0 N–H and O–H groups in total. The highest BCUT2D eigenvalue weighted by Crippen LogP contribution is 2.12. The van der Waals surface area contributed by atoms with Crippen LogP contribution in [0.15, 0.2) is 61.2 Å². The molecule has 0 saturated heterocycles. The highest BCUT2D eigenvalue weighted by molar-refractivity contribution is 5.44. The number of ether oxygens (including phenoxy) is 1. The number of aryl methyl sites for hydroxylation is 1. The van der Waals surface area contributed by atoms with Gasteiger partial charge in [-0.05, 0) is 67.6 Å². The fourth-order valence-electron chi connectivity index (χ4n) is 2.20. The third kappa shape index (κ3) is 6.04. The minimum atomic E-state index is 0.754. The molecule has 0 bridgehead atoms. The third-order valence-corrected chi connectivity index (χ3v) is 3.51. The molecule has 0 aliphatic rings. The highest BCUT2D eigenvalue weighted by atomic mass is 16.5. The molecule has 1 heteroatoms. The van der Waals surface area contributed by atoms with Gasteiger partial charge in [0.1, 0.15) is 5.75 Å². The summed E-state index contributed by atoms with van der Waals surface area (Å²) in [6.07, 6.45) is 6.31. The quantitative estimate of drug-likeness (QED) is 0.379. The summed E-state index contributed by atoms with van der Waals surface area (Å²) in [6.45, 7) is 6.61. The molecule has 23 heavy (non-hydrogen) atoms. The predicted molar refractivity (Wildman–Crippen MR) is 97.8 cm³/mol. The largest absolute Gasteiger partial charge is 0.494 e. The van der Waals surface area contributed by atoms with Gasteiger partial charge in [-0.3, -0.25) is 0 Å². The lowest BCUT2D eigenvalue weighted by atomic mass is 10.1. The van der Waals surface area contributed by atoms with Crippen LogP contribution >= 0.6 is 0 Å². The van der Waals surface area contributed by atoms with Crippen LogP contribution in [0.25, 0.3) is 0 Å². The molecule has 0 radical (unpaired) electrons. The van der Waals surface area contributed by atoms with Crippen LogP contribution in [0.2, 0.25) is 0 Å². The normalized spacial score (nSPS) is 9.78. The van der Waals surface area contributed by atoms with Gasteiger partial charge in [-0.25, -0.2) is 0 Å². The molecular weight excluding hydrogens is 280 g/mol. The summed E-state index contributed by atoms with van der Waals surface area (Å²) in [5, 5.41) is 0. The molecule has 0 heterocycles. The number of rotatable bonds is 7. The van der Waals surface area contributed by atoms with Crippen LogP contribution in [0.1, 0.15) is 42.9 Å². The van der Waals surface area contributed by atoms with Crippen molar-refractivity contribution in [3.8, 4) is 17.6 Å². The van der Waals surface area contributed by atoms with Crippen LogP contribution in [0.4, 0.5) is 0 Å². The van der Waals surface area contributed by atoms with E-state index in [2.05, 4.69) is 49.6 Å². The zero-order valence-corrected chi connectivity index (χ0v) is 13.8. The van der Waals surface area contributed by atoms with Crippen molar-refractivity contribution in [3.05, 3.63) is 77.9 Å². The lowest BCUT2D eigenvalue weighted by molar-refractivity contribution is 0.317. The van der Waals surface area contributed by atoms with Crippen molar-refractivity contribution in [2.45, 2.75) is 32.6 Å². The molecule has 0 aliphatic heterocycles. The van der Waals surface area contributed by atoms with Crippen LogP contribution in [0, 0.1) is 11.8 Å². The van der Waals surface area contributed by atoms with Gasteiger partial charge in [0.25, 0.3) is 0 Å². The Morgan fingerprint density at radius 3 is 2.13 bits per heavy atom. The lowest BCUT2D eigenvalue weighted by Gasteiger charge is -2.03. The van der Waals surface area contributed by atoms with Gasteiger partial charge in [-0.2, -0.15) is 0 Å². The summed E-state index contributed by atoms with van der Waals surface area (Å²) in [4.78, 5) is 0. The Hall–Kier alpha value is -2.46. The van der Waals surface area contributed by atoms with Crippen molar-refractivity contribution >= 4 is 0 Å². The molecule has 0 aromatic heterocycles. The van der Waals surface area contributed by atoms with Crippen LogP contribution in [0.3, 0.4) is 0 Å². The monoisotopic (exact) mass is 304 g/mol. The van der Waals surface area contributed by atoms with E-state index >= 15 is 0 Å². The number of hydrogen-bond acceptors (Lipinski definition) is 1. The minimum absolute atomic E-state index is 0.754. The maximum Gasteiger partial charge on any atom is 0.119 e. The number of benzene rings is 2. The topological polar surface area (TPSA) is 9.23 Å². The van der Waals surface area contributed by atoms with Crippen LogP contribution < -0.4 is 4.74 Å². The van der Waals surface area contributed by atoms with Crippen LogP contribution in [-0.2, 0) is 6.42 Å². The Morgan fingerprint density at radius 1 is 0.957 bits per heavy atom. The molecule has 2 aromatic carbocycles. The Kier molecular flexibility index (Phi) is 7.01. The van der Waals surface area contributed by atoms with Gasteiger partial charge in [0.15, 0.2) is 0 Å². The van der Waals surface area contributed by atoms with Crippen molar-refractivity contribution in [2.24, 2.45) is 0 Å². The summed E-state index contributed by atoms with van der Waals surface area (Å²) >= 11 is 0. The van der Waals surface area contributed by atoms with Gasteiger partial charge in [0.2, 0.25) is 0 Å². The number of unbranched alkanes of at least 4 members (excludes halogenated alkanes) is 1. The van der Waals surface area contributed by atoms with Gasteiger partial charge < -0.3 is 4.74 Å². The lowest BCUT2D eigenvalue weighted by Crippen LogP contribution is -1.94. The Bertz CT molecular complexity index is 654. The summed E-state index contributed by atoms with van der Waals surface area (Å²) in [6, 6.07) is 16.5. The van der Waals surface area contributed by atoms with Crippen molar-refractivity contribution in [1.29, 1.82) is 0 Å². The summed E-state index contributed by atoms with van der Waals surface area (Å²) in [5.41, 5.74) is 3.41. The molecular formula is C22H24O. The molecule has 2 rings (SSSR count). The summed E-state index contributed by atoms with van der Waals surface area (Å²) in [5.74, 6) is 7.31. The summed E-state index contributed by atoms with van der Waals surface area (Å²) in [7, 11) is 0. The first-order valence-corrected chi connectivity index (χ1v) is 8.26. The Balaban J connectivity index is 1.94. The number of hydrogen-bond donors (Lipinski definition) is 0. The van der Waals surface area contributed by atoms with E-state index in [0.717, 1.165) is 49.2 Å². The fourth-order valence-corrected chi connectivity index (χ4v) is 2.20. The Morgan fingerprint density at radius 2 is 1.57 bits per heavy atom. The van der Waals surface area contributed by atoms with E-state index in [0.29, 0.717) is 0 Å².